The lowest BCUT2D eigenvalue weighted by Gasteiger charge is -2.25. The average molecular weight is 517 g/mol. The van der Waals surface area contributed by atoms with Crippen molar-refractivity contribution in [3.63, 3.8) is 0 Å². The van der Waals surface area contributed by atoms with Gasteiger partial charge in [0.05, 0.1) is 30.2 Å². The van der Waals surface area contributed by atoms with Crippen molar-refractivity contribution in [1.29, 1.82) is 0 Å². The zero-order valence-electron chi connectivity index (χ0n) is 21.1. The molecule has 4 rings (SSSR count). The first kappa shape index (κ1) is 26.1. The Labute approximate surface area is 220 Å². The van der Waals surface area contributed by atoms with Crippen molar-refractivity contribution in [3.8, 4) is 11.3 Å². The third kappa shape index (κ3) is 5.89. The lowest BCUT2D eigenvalue weighted by atomic mass is 9.97. The number of carbonyl (C=O) groups excluding carboxylic acids is 2. The summed E-state index contributed by atoms with van der Waals surface area (Å²) in [5.41, 5.74) is 4.07. The molecule has 1 aliphatic heterocycles. The number of aromatic nitrogens is 2. The average Bonchev–Trinajstić information content (AvgIpc) is 2.89. The van der Waals surface area contributed by atoms with E-state index in [-0.39, 0.29) is 13.2 Å². The molecular formula is C28H28N4O4S. The lowest BCUT2D eigenvalue weighted by molar-refractivity contribution is -0.138. The minimum atomic E-state index is -0.544. The van der Waals surface area contributed by atoms with Gasteiger partial charge in [-0.15, -0.1) is 0 Å². The monoisotopic (exact) mass is 516 g/mol. The summed E-state index contributed by atoms with van der Waals surface area (Å²) < 4.78 is 10.6. The number of ether oxygens (including phenoxy) is 2. The summed E-state index contributed by atoms with van der Waals surface area (Å²) in [6, 6.07) is 18.5. The molecule has 37 heavy (non-hydrogen) atoms. The number of aliphatic imine (C=N–C) groups is 1. The third-order valence-corrected chi connectivity index (χ3v) is 6.38. The van der Waals surface area contributed by atoms with Crippen LogP contribution in [0.15, 0.2) is 82.1 Å². The van der Waals surface area contributed by atoms with Gasteiger partial charge in [-0.25, -0.2) is 24.5 Å². The predicted octanol–water partition coefficient (Wildman–Crippen LogP) is 5.26. The minimum absolute atomic E-state index is 0.249. The quantitative estimate of drug-likeness (QED) is 0.335. The van der Waals surface area contributed by atoms with Crippen molar-refractivity contribution < 1.29 is 19.1 Å². The second-order valence-electron chi connectivity index (χ2n) is 8.14. The van der Waals surface area contributed by atoms with Gasteiger partial charge < -0.3 is 14.8 Å². The highest BCUT2D eigenvalue weighted by Gasteiger charge is 2.31. The van der Waals surface area contributed by atoms with Crippen molar-refractivity contribution in [1.82, 2.24) is 15.3 Å². The zero-order valence-corrected chi connectivity index (χ0v) is 22.0. The number of nitrogens with one attached hydrogen (secondary N) is 1. The van der Waals surface area contributed by atoms with E-state index in [0.717, 1.165) is 11.1 Å². The van der Waals surface area contributed by atoms with Crippen LogP contribution in [0.2, 0.25) is 0 Å². The van der Waals surface area contributed by atoms with Crippen molar-refractivity contribution in [2.45, 2.75) is 38.9 Å². The van der Waals surface area contributed by atoms with Crippen LogP contribution in [-0.4, -0.2) is 40.3 Å². The number of carbonyl (C=O) groups is 2. The molecule has 0 radical (unpaired) electrons. The second-order valence-corrected chi connectivity index (χ2v) is 9.09. The van der Waals surface area contributed by atoms with Crippen molar-refractivity contribution in [2.75, 3.05) is 13.2 Å². The number of amidine groups is 1. The lowest BCUT2D eigenvalue weighted by Crippen LogP contribution is -2.30. The topological polar surface area (TPSA) is 103 Å². The molecule has 2 heterocycles. The summed E-state index contributed by atoms with van der Waals surface area (Å²) in [6.07, 6.45) is 0. The molecule has 1 atom stereocenters. The third-order valence-electron chi connectivity index (χ3n) is 5.61. The van der Waals surface area contributed by atoms with Crippen molar-refractivity contribution >= 4 is 28.9 Å². The molecule has 8 nitrogen and oxygen atoms in total. The van der Waals surface area contributed by atoms with Gasteiger partial charge in [-0.3, -0.25) is 0 Å². The molecule has 0 bridgehead atoms. The maximum atomic E-state index is 12.8. The molecule has 9 heteroatoms. The fraction of sp³-hybridized carbons (Fsp3) is 0.250. The van der Waals surface area contributed by atoms with Gasteiger partial charge in [0.1, 0.15) is 11.6 Å². The van der Waals surface area contributed by atoms with E-state index in [4.69, 9.17) is 19.5 Å². The fourth-order valence-corrected chi connectivity index (χ4v) is 4.84. The van der Waals surface area contributed by atoms with Crippen LogP contribution in [0.3, 0.4) is 0 Å². The second kappa shape index (κ2) is 11.8. The predicted molar refractivity (Wildman–Crippen MR) is 143 cm³/mol. The van der Waals surface area contributed by atoms with Crippen LogP contribution >= 0.6 is 11.8 Å². The Balaban J connectivity index is 1.74. The number of esters is 2. The Bertz CT molecular complexity index is 1360. The molecule has 0 aliphatic carbocycles. The number of nitrogens with zero attached hydrogens (tertiary/aromatic N) is 3. The standard InChI is InChI=1S/C28H28N4O4S/c1-5-35-25(33)21-17(3)29-27(31-23(21)19-13-9-7-10-14-19)37-28-30-18(4)22(26(34)36-6-2)24(32-28)20-15-11-8-12-16-20/h7-16,23H,5-6H2,1-4H3,(H,29,31). The summed E-state index contributed by atoms with van der Waals surface area (Å²) >= 11 is 1.23. The maximum Gasteiger partial charge on any atom is 0.342 e. The molecule has 3 aromatic rings. The van der Waals surface area contributed by atoms with Gasteiger partial charge in [0.25, 0.3) is 0 Å². The van der Waals surface area contributed by atoms with Crippen LogP contribution < -0.4 is 5.32 Å². The Morgan fingerprint density at radius 2 is 1.51 bits per heavy atom. The first-order valence-electron chi connectivity index (χ1n) is 12.0. The van der Waals surface area contributed by atoms with E-state index in [0.29, 0.717) is 38.5 Å². The highest BCUT2D eigenvalue weighted by Crippen LogP contribution is 2.34. The van der Waals surface area contributed by atoms with E-state index in [2.05, 4.69) is 10.3 Å². The molecule has 2 aromatic carbocycles. The number of rotatable bonds is 7. The Kier molecular flexibility index (Phi) is 8.35. The van der Waals surface area contributed by atoms with E-state index in [9.17, 15) is 9.59 Å². The molecule has 0 fully saturated rings. The number of aryl methyl sites for hydroxylation is 1. The largest absolute Gasteiger partial charge is 0.463 e. The molecule has 1 unspecified atom stereocenters. The summed E-state index contributed by atoms with van der Waals surface area (Å²) in [6.45, 7) is 7.64. The smallest absolute Gasteiger partial charge is 0.342 e. The van der Waals surface area contributed by atoms with E-state index in [1.807, 2.05) is 67.6 Å². The first-order chi connectivity index (χ1) is 17.9. The fourth-order valence-electron chi connectivity index (χ4n) is 3.98. The molecule has 0 spiro atoms. The van der Waals surface area contributed by atoms with Gasteiger partial charge >= 0.3 is 11.9 Å². The molecule has 0 saturated heterocycles. The van der Waals surface area contributed by atoms with Crippen molar-refractivity contribution in [3.05, 3.63) is 88.8 Å². The first-order valence-corrected chi connectivity index (χ1v) is 12.8. The summed E-state index contributed by atoms with van der Waals surface area (Å²) in [4.78, 5) is 39.7. The van der Waals surface area contributed by atoms with Crippen LogP contribution in [-0.2, 0) is 14.3 Å². The highest BCUT2D eigenvalue weighted by atomic mass is 32.2. The summed E-state index contributed by atoms with van der Waals surface area (Å²) in [5, 5.41) is 4.15. The molecule has 0 amide bonds. The van der Waals surface area contributed by atoms with Gasteiger partial charge in [0, 0.05) is 11.3 Å². The number of thioether (sulfide) groups is 1. The number of benzene rings is 2. The van der Waals surface area contributed by atoms with Crippen LogP contribution in [0.25, 0.3) is 11.3 Å². The number of hydrogen-bond acceptors (Lipinski definition) is 9. The van der Waals surface area contributed by atoms with Crippen LogP contribution in [0.1, 0.15) is 48.4 Å². The van der Waals surface area contributed by atoms with E-state index >= 15 is 0 Å². The SMILES string of the molecule is CCOC(=O)C1=C(C)NC(Sc2nc(C)c(C(=O)OCC)c(-c3ccccc3)n2)=NC1c1ccccc1. The highest BCUT2D eigenvalue weighted by molar-refractivity contribution is 8.13. The maximum absolute atomic E-state index is 12.8. The molecular weight excluding hydrogens is 488 g/mol. The molecule has 1 aromatic heterocycles. The Morgan fingerprint density at radius 3 is 2.16 bits per heavy atom. The summed E-state index contributed by atoms with van der Waals surface area (Å²) in [7, 11) is 0. The normalized spacial score (nSPS) is 15.0. The van der Waals surface area contributed by atoms with Gasteiger partial charge in [-0.05, 0) is 45.0 Å². The minimum Gasteiger partial charge on any atom is -0.463 e. The van der Waals surface area contributed by atoms with Gasteiger partial charge in [0.2, 0.25) is 0 Å². The number of allylic oxidation sites excluding steroid dienone is 1. The zero-order chi connectivity index (χ0) is 26.4. The molecule has 1 N–H and O–H groups in total. The Hall–Kier alpha value is -3.98. The number of hydrogen-bond donors (Lipinski definition) is 1. The van der Waals surface area contributed by atoms with Gasteiger partial charge in [-0.2, -0.15) is 0 Å². The van der Waals surface area contributed by atoms with Crippen LogP contribution in [0.5, 0.6) is 0 Å². The van der Waals surface area contributed by atoms with E-state index in [1.54, 1.807) is 20.8 Å². The molecule has 0 saturated carbocycles. The van der Waals surface area contributed by atoms with Crippen LogP contribution in [0, 0.1) is 6.92 Å². The Morgan fingerprint density at radius 1 is 0.892 bits per heavy atom. The van der Waals surface area contributed by atoms with Crippen molar-refractivity contribution in [2.24, 2.45) is 4.99 Å². The van der Waals surface area contributed by atoms with Gasteiger partial charge in [0.15, 0.2) is 10.3 Å². The summed E-state index contributed by atoms with van der Waals surface area (Å²) in [5.74, 6) is -0.878. The van der Waals surface area contributed by atoms with Gasteiger partial charge in [-0.1, -0.05) is 60.7 Å². The van der Waals surface area contributed by atoms with Crippen LogP contribution in [0.4, 0.5) is 0 Å². The van der Waals surface area contributed by atoms with E-state index < -0.39 is 18.0 Å². The molecule has 190 valence electrons. The molecule has 1 aliphatic rings. The van der Waals surface area contributed by atoms with E-state index in [1.165, 1.54) is 11.8 Å².